The fourth-order valence-electron chi connectivity index (χ4n) is 2.75. The van der Waals surface area contributed by atoms with Crippen molar-refractivity contribution in [3.8, 4) is 11.5 Å². The number of hydrogen-bond acceptors (Lipinski definition) is 3. The highest BCUT2D eigenvalue weighted by Crippen LogP contribution is 2.37. The molecular formula is C23H21BrClNO3. The Balaban J connectivity index is 1.80. The minimum Gasteiger partial charge on any atom is -0.493 e. The molecule has 0 fully saturated rings. The standard InChI is InChI=1S/C23H21BrClNO3/c1-14-4-7-16(8-5-14)13-29-22-19(24)10-17(11-21(22)28-3)23(27)26-20-12-18(25)9-6-15(20)2/h4-12H,13H2,1-3H3,(H,26,27). The average molecular weight is 475 g/mol. The Hall–Kier alpha value is -2.50. The zero-order valence-corrected chi connectivity index (χ0v) is 18.7. The molecule has 3 aromatic rings. The van der Waals surface area contributed by atoms with E-state index in [0.29, 0.717) is 38.9 Å². The molecule has 150 valence electrons. The van der Waals surface area contributed by atoms with Gasteiger partial charge in [-0.25, -0.2) is 0 Å². The van der Waals surface area contributed by atoms with E-state index in [1.165, 1.54) is 5.56 Å². The third-order valence-electron chi connectivity index (χ3n) is 4.44. The second kappa shape index (κ2) is 9.33. The molecule has 6 heteroatoms. The molecule has 29 heavy (non-hydrogen) atoms. The van der Waals surface area contributed by atoms with Gasteiger partial charge in [0.25, 0.3) is 5.91 Å². The number of aryl methyl sites for hydroxylation is 2. The molecule has 1 amide bonds. The van der Waals surface area contributed by atoms with Crippen LogP contribution in [0.2, 0.25) is 5.02 Å². The van der Waals surface area contributed by atoms with Crippen molar-refractivity contribution in [2.24, 2.45) is 0 Å². The number of nitrogens with one attached hydrogen (secondary N) is 1. The summed E-state index contributed by atoms with van der Waals surface area (Å²) >= 11 is 9.54. The fourth-order valence-corrected chi connectivity index (χ4v) is 3.48. The normalized spacial score (nSPS) is 10.5. The number of amides is 1. The Morgan fingerprint density at radius 1 is 1.07 bits per heavy atom. The van der Waals surface area contributed by atoms with Crippen LogP contribution in [0.5, 0.6) is 11.5 Å². The van der Waals surface area contributed by atoms with Crippen molar-refractivity contribution in [2.75, 3.05) is 12.4 Å². The average Bonchev–Trinajstić information content (AvgIpc) is 2.70. The molecule has 0 atom stereocenters. The number of methoxy groups -OCH3 is 1. The van der Waals surface area contributed by atoms with Gasteiger partial charge in [0, 0.05) is 16.3 Å². The van der Waals surface area contributed by atoms with E-state index in [1.807, 2.05) is 44.2 Å². The van der Waals surface area contributed by atoms with Gasteiger partial charge in [0.1, 0.15) is 6.61 Å². The van der Waals surface area contributed by atoms with E-state index in [0.717, 1.165) is 11.1 Å². The van der Waals surface area contributed by atoms with Gasteiger partial charge in [-0.05, 0) is 65.2 Å². The first-order valence-corrected chi connectivity index (χ1v) is 10.2. The molecule has 0 aliphatic heterocycles. The molecule has 0 heterocycles. The summed E-state index contributed by atoms with van der Waals surface area (Å²) in [6.45, 7) is 4.34. The number of rotatable bonds is 6. The van der Waals surface area contributed by atoms with Gasteiger partial charge in [-0.3, -0.25) is 4.79 Å². The van der Waals surface area contributed by atoms with E-state index in [9.17, 15) is 4.79 Å². The molecule has 0 aromatic heterocycles. The number of carbonyl (C=O) groups is 1. The zero-order chi connectivity index (χ0) is 21.0. The van der Waals surface area contributed by atoms with Crippen LogP contribution >= 0.6 is 27.5 Å². The Morgan fingerprint density at radius 2 is 1.79 bits per heavy atom. The molecule has 3 aromatic carbocycles. The second-order valence-corrected chi connectivity index (χ2v) is 7.97. The SMILES string of the molecule is COc1cc(C(=O)Nc2cc(Cl)ccc2C)cc(Br)c1OCc1ccc(C)cc1. The van der Waals surface area contributed by atoms with Crippen molar-refractivity contribution >= 4 is 39.1 Å². The number of ether oxygens (including phenoxy) is 2. The van der Waals surface area contributed by atoms with Crippen LogP contribution in [0.4, 0.5) is 5.69 Å². The topological polar surface area (TPSA) is 47.6 Å². The lowest BCUT2D eigenvalue weighted by Gasteiger charge is -2.15. The Kier molecular flexibility index (Phi) is 6.83. The van der Waals surface area contributed by atoms with Crippen LogP contribution in [0.25, 0.3) is 0 Å². The molecule has 1 N–H and O–H groups in total. The predicted molar refractivity (Wildman–Crippen MR) is 120 cm³/mol. The molecule has 0 saturated heterocycles. The van der Waals surface area contributed by atoms with Crippen molar-refractivity contribution < 1.29 is 14.3 Å². The molecular weight excluding hydrogens is 454 g/mol. The monoisotopic (exact) mass is 473 g/mol. The van der Waals surface area contributed by atoms with Gasteiger partial charge in [-0.2, -0.15) is 0 Å². The highest BCUT2D eigenvalue weighted by atomic mass is 79.9. The highest BCUT2D eigenvalue weighted by Gasteiger charge is 2.17. The minimum absolute atomic E-state index is 0.264. The summed E-state index contributed by atoms with van der Waals surface area (Å²) in [4.78, 5) is 12.7. The molecule has 3 rings (SSSR count). The van der Waals surface area contributed by atoms with Gasteiger partial charge in [-0.15, -0.1) is 0 Å². The number of anilines is 1. The van der Waals surface area contributed by atoms with Crippen LogP contribution in [0.15, 0.2) is 59.1 Å². The maximum atomic E-state index is 12.7. The lowest BCUT2D eigenvalue weighted by Crippen LogP contribution is -2.13. The van der Waals surface area contributed by atoms with Crippen LogP contribution in [-0.2, 0) is 6.61 Å². The van der Waals surface area contributed by atoms with Crippen LogP contribution in [-0.4, -0.2) is 13.0 Å². The molecule has 0 unspecified atom stereocenters. The maximum Gasteiger partial charge on any atom is 0.255 e. The van der Waals surface area contributed by atoms with Crippen LogP contribution in [0.3, 0.4) is 0 Å². The lowest BCUT2D eigenvalue weighted by atomic mass is 10.1. The molecule has 0 aliphatic carbocycles. The Labute approximate surface area is 183 Å². The number of carbonyl (C=O) groups excluding carboxylic acids is 1. The molecule has 0 saturated carbocycles. The quantitative estimate of drug-likeness (QED) is 0.440. The smallest absolute Gasteiger partial charge is 0.255 e. The molecule has 0 radical (unpaired) electrons. The van der Waals surface area contributed by atoms with Crippen molar-refractivity contribution in [1.82, 2.24) is 0 Å². The van der Waals surface area contributed by atoms with Crippen molar-refractivity contribution in [3.05, 3.63) is 86.3 Å². The van der Waals surface area contributed by atoms with Crippen LogP contribution in [0, 0.1) is 13.8 Å². The van der Waals surface area contributed by atoms with E-state index in [4.69, 9.17) is 21.1 Å². The van der Waals surface area contributed by atoms with Crippen molar-refractivity contribution in [1.29, 1.82) is 0 Å². The van der Waals surface area contributed by atoms with Crippen LogP contribution in [0.1, 0.15) is 27.0 Å². The zero-order valence-electron chi connectivity index (χ0n) is 16.4. The second-order valence-electron chi connectivity index (χ2n) is 6.68. The predicted octanol–water partition coefficient (Wildman–Crippen LogP) is 6.56. The fraction of sp³-hybridized carbons (Fsp3) is 0.174. The minimum atomic E-state index is -0.264. The highest BCUT2D eigenvalue weighted by molar-refractivity contribution is 9.10. The van der Waals surface area contributed by atoms with E-state index in [2.05, 4.69) is 21.2 Å². The lowest BCUT2D eigenvalue weighted by molar-refractivity contribution is 0.102. The summed E-state index contributed by atoms with van der Waals surface area (Å²) in [6, 6.07) is 16.8. The molecule has 0 spiro atoms. The largest absolute Gasteiger partial charge is 0.493 e. The number of hydrogen-bond donors (Lipinski definition) is 1. The van der Waals surface area contributed by atoms with Gasteiger partial charge < -0.3 is 14.8 Å². The van der Waals surface area contributed by atoms with Crippen LogP contribution < -0.4 is 14.8 Å². The van der Waals surface area contributed by atoms with E-state index < -0.39 is 0 Å². The summed E-state index contributed by atoms with van der Waals surface area (Å²) in [7, 11) is 1.54. The maximum absolute atomic E-state index is 12.7. The Morgan fingerprint density at radius 3 is 2.48 bits per heavy atom. The summed E-state index contributed by atoms with van der Waals surface area (Å²) in [5.41, 5.74) is 4.26. The summed E-state index contributed by atoms with van der Waals surface area (Å²) in [6.07, 6.45) is 0. The molecule has 4 nitrogen and oxygen atoms in total. The third-order valence-corrected chi connectivity index (χ3v) is 5.27. The van der Waals surface area contributed by atoms with Gasteiger partial charge in [0.2, 0.25) is 0 Å². The Bertz CT molecular complexity index is 1040. The third kappa shape index (κ3) is 5.31. The van der Waals surface area contributed by atoms with E-state index >= 15 is 0 Å². The summed E-state index contributed by atoms with van der Waals surface area (Å²) in [5, 5.41) is 3.45. The molecule has 0 bridgehead atoms. The van der Waals surface area contributed by atoms with Gasteiger partial charge >= 0.3 is 0 Å². The van der Waals surface area contributed by atoms with E-state index in [1.54, 1.807) is 31.4 Å². The first-order chi connectivity index (χ1) is 13.9. The van der Waals surface area contributed by atoms with Crippen molar-refractivity contribution in [2.45, 2.75) is 20.5 Å². The first-order valence-electron chi connectivity index (χ1n) is 9.00. The molecule has 0 aliphatic rings. The van der Waals surface area contributed by atoms with Gasteiger partial charge in [-0.1, -0.05) is 47.5 Å². The summed E-state index contributed by atoms with van der Waals surface area (Å²) < 4.78 is 12.0. The van der Waals surface area contributed by atoms with E-state index in [-0.39, 0.29) is 5.91 Å². The number of benzene rings is 3. The summed E-state index contributed by atoms with van der Waals surface area (Å²) in [5.74, 6) is 0.752. The van der Waals surface area contributed by atoms with Crippen molar-refractivity contribution in [3.63, 3.8) is 0 Å². The van der Waals surface area contributed by atoms with Gasteiger partial charge in [0.15, 0.2) is 11.5 Å². The number of halogens is 2. The first kappa shape index (κ1) is 21.2. The van der Waals surface area contributed by atoms with Gasteiger partial charge in [0.05, 0.1) is 11.6 Å².